The van der Waals surface area contributed by atoms with E-state index >= 15 is 0 Å². The first kappa shape index (κ1) is 6.26. The predicted octanol–water partition coefficient (Wildman–Crippen LogP) is 1.85. The lowest BCUT2D eigenvalue weighted by Crippen LogP contribution is -2.37. The Balaban J connectivity index is 2.39. The molecule has 3 atom stereocenters. The third kappa shape index (κ3) is 0.811. The maximum absolute atomic E-state index is 5.69. The number of rotatable bonds is 0. The molecule has 0 aliphatic heterocycles. The highest BCUT2D eigenvalue weighted by atomic mass is 35.5. The van der Waals surface area contributed by atoms with Crippen molar-refractivity contribution >= 4 is 23.2 Å². The molecule has 0 aromatic heterocycles. The van der Waals surface area contributed by atoms with Crippen LogP contribution < -0.4 is 0 Å². The van der Waals surface area contributed by atoms with Crippen molar-refractivity contribution in [2.24, 2.45) is 5.92 Å². The second kappa shape index (κ2) is 2.17. The molecule has 0 saturated heterocycles. The summed E-state index contributed by atoms with van der Waals surface area (Å²) in [5, 5.41) is 0.124. The first-order chi connectivity index (χ1) is 3.75. The average Bonchev–Trinajstić information content (AvgIpc) is 1.81. The molecule has 0 radical (unpaired) electrons. The lowest BCUT2D eigenvalue weighted by atomic mass is 9.85. The van der Waals surface area contributed by atoms with Crippen LogP contribution in [0.5, 0.6) is 0 Å². The first-order valence-corrected chi connectivity index (χ1v) is 3.37. The minimum Gasteiger partial charge on any atom is -0.121 e. The van der Waals surface area contributed by atoms with Gasteiger partial charge < -0.3 is 0 Å². The topological polar surface area (TPSA) is 0 Å². The maximum Gasteiger partial charge on any atom is 0.0637 e. The van der Waals surface area contributed by atoms with Crippen molar-refractivity contribution < 1.29 is 0 Å². The van der Waals surface area contributed by atoms with Crippen molar-refractivity contribution in [3.05, 3.63) is 0 Å². The van der Waals surface area contributed by atoms with E-state index in [1.807, 2.05) is 0 Å². The molecule has 8 heavy (non-hydrogen) atoms. The lowest BCUT2D eigenvalue weighted by molar-refractivity contribution is 0.421. The summed E-state index contributed by atoms with van der Waals surface area (Å²) in [6, 6.07) is 0. The fraction of sp³-hybridized carbons (Fsp3) is 0.667. The van der Waals surface area contributed by atoms with Gasteiger partial charge in [-0.3, -0.25) is 0 Å². The van der Waals surface area contributed by atoms with Crippen LogP contribution >= 0.6 is 23.2 Å². The second-order valence-corrected chi connectivity index (χ2v) is 3.03. The molecule has 0 aromatic rings. The van der Waals surface area contributed by atoms with Crippen LogP contribution in [0.25, 0.3) is 0 Å². The predicted molar refractivity (Wildman–Crippen MR) is 36.2 cm³/mol. The summed E-state index contributed by atoms with van der Waals surface area (Å²) in [6.07, 6.45) is 5.97. The number of alkyl halides is 2. The smallest absolute Gasteiger partial charge is 0.0637 e. The first-order valence-electron chi connectivity index (χ1n) is 2.50. The zero-order valence-corrected chi connectivity index (χ0v) is 5.78. The monoisotopic (exact) mass is 148 g/mol. The fourth-order valence-electron chi connectivity index (χ4n) is 0.719. The molecule has 0 bridgehead atoms. The summed E-state index contributed by atoms with van der Waals surface area (Å²) in [6.45, 7) is 0. The summed E-state index contributed by atoms with van der Waals surface area (Å²) < 4.78 is 0. The number of hydrogen-bond donors (Lipinski definition) is 0. The quantitative estimate of drug-likeness (QED) is 0.364. The normalized spacial score (nSPS) is 44.9. The van der Waals surface area contributed by atoms with E-state index < -0.39 is 0 Å². The van der Waals surface area contributed by atoms with Gasteiger partial charge in [0.25, 0.3) is 0 Å². The molecule has 0 amide bonds. The molecule has 0 spiro atoms. The molecule has 2 heteroatoms. The van der Waals surface area contributed by atoms with Gasteiger partial charge in [-0.15, -0.1) is 35.5 Å². The Morgan fingerprint density at radius 1 is 1.50 bits per heavy atom. The Morgan fingerprint density at radius 3 is 2.25 bits per heavy atom. The van der Waals surface area contributed by atoms with Gasteiger partial charge in [-0.25, -0.2) is 0 Å². The van der Waals surface area contributed by atoms with E-state index in [4.69, 9.17) is 29.6 Å². The summed E-state index contributed by atoms with van der Waals surface area (Å²) in [7, 11) is 0. The zero-order valence-electron chi connectivity index (χ0n) is 4.27. The standard InChI is InChI=1S/C6H6Cl2/c1-2-4-3-5(7)6(4)8/h1,4-6H,3H2/t4-,5-,6-/m1/s1. The van der Waals surface area contributed by atoms with E-state index in [1.54, 1.807) is 0 Å². The minimum absolute atomic E-state index is 0.0154. The van der Waals surface area contributed by atoms with Crippen LogP contribution in [0.15, 0.2) is 0 Å². The molecule has 0 unspecified atom stereocenters. The van der Waals surface area contributed by atoms with Crippen LogP contribution in [-0.4, -0.2) is 10.8 Å². The fourth-order valence-corrected chi connectivity index (χ4v) is 1.36. The van der Waals surface area contributed by atoms with Gasteiger partial charge >= 0.3 is 0 Å². The van der Waals surface area contributed by atoms with Crippen molar-refractivity contribution in [3.8, 4) is 12.3 Å². The van der Waals surface area contributed by atoms with Gasteiger partial charge in [-0.2, -0.15) is 0 Å². The van der Waals surface area contributed by atoms with E-state index in [9.17, 15) is 0 Å². The molecule has 44 valence electrons. The SMILES string of the molecule is C#C[C@@H]1C[C@@H](Cl)[C@@H]1Cl. The Labute approximate surface area is 59.2 Å². The zero-order chi connectivity index (χ0) is 6.15. The Hall–Kier alpha value is 0.140. The van der Waals surface area contributed by atoms with Crippen LogP contribution in [0.2, 0.25) is 0 Å². The van der Waals surface area contributed by atoms with Crippen LogP contribution in [0, 0.1) is 18.3 Å². The summed E-state index contributed by atoms with van der Waals surface area (Å²) in [5.74, 6) is 2.79. The van der Waals surface area contributed by atoms with Crippen LogP contribution in [0.4, 0.5) is 0 Å². The molecule has 1 aliphatic carbocycles. The molecule has 0 aromatic carbocycles. The third-order valence-electron chi connectivity index (χ3n) is 1.42. The Morgan fingerprint density at radius 2 is 2.12 bits per heavy atom. The van der Waals surface area contributed by atoms with Crippen molar-refractivity contribution in [2.45, 2.75) is 17.2 Å². The molecular formula is C6H6Cl2. The van der Waals surface area contributed by atoms with E-state index in [1.165, 1.54) is 0 Å². The van der Waals surface area contributed by atoms with Crippen LogP contribution in [-0.2, 0) is 0 Å². The van der Waals surface area contributed by atoms with Crippen LogP contribution in [0.1, 0.15) is 6.42 Å². The van der Waals surface area contributed by atoms with Crippen molar-refractivity contribution in [2.75, 3.05) is 0 Å². The highest BCUT2D eigenvalue weighted by Crippen LogP contribution is 2.36. The number of hydrogen-bond acceptors (Lipinski definition) is 0. The van der Waals surface area contributed by atoms with Crippen molar-refractivity contribution in [1.29, 1.82) is 0 Å². The molecule has 1 rings (SSSR count). The summed E-state index contributed by atoms with van der Waals surface area (Å²) in [4.78, 5) is 0. The van der Waals surface area contributed by atoms with Crippen LogP contribution in [0.3, 0.4) is 0 Å². The highest BCUT2D eigenvalue weighted by molar-refractivity contribution is 6.31. The molecular weight excluding hydrogens is 143 g/mol. The van der Waals surface area contributed by atoms with Gasteiger partial charge in [-0.05, 0) is 6.42 Å². The Bertz CT molecular complexity index is 125. The maximum atomic E-state index is 5.69. The van der Waals surface area contributed by atoms with Crippen molar-refractivity contribution in [1.82, 2.24) is 0 Å². The van der Waals surface area contributed by atoms with E-state index in [0.29, 0.717) is 0 Å². The molecule has 0 N–H and O–H groups in total. The average molecular weight is 149 g/mol. The van der Waals surface area contributed by atoms with Gasteiger partial charge in [0.1, 0.15) is 0 Å². The van der Waals surface area contributed by atoms with Gasteiger partial charge in [0.05, 0.1) is 10.8 Å². The van der Waals surface area contributed by atoms with Gasteiger partial charge in [0.2, 0.25) is 0 Å². The largest absolute Gasteiger partial charge is 0.121 e. The minimum atomic E-state index is 0.0154. The lowest BCUT2D eigenvalue weighted by Gasteiger charge is -2.32. The molecule has 1 fully saturated rings. The molecule has 1 aliphatic rings. The number of terminal acetylenes is 1. The second-order valence-electron chi connectivity index (χ2n) is 1.97. The summed E-state index contributed by atoms with van der Waals surface area (Å²) >= 11 is 11.3. The van der Waals surface area contributed by atoms with Crippen molar-refractivity contribution in [3.63, 3.8) is 0 Å². The Kier molecular flexibility index (Phi) is 1.70. The highest BCUT2D eigenvalue weighted by Gasteiger charge is 2.36. The van der Waals surface area contributed by atoms with E-state index in [2.05, 4.69) is 5.92 Å². The van der Waals surface area contributed by atoms with Gasteiger partial charge in [0.15, 0.2) is 0 Å². The third-order valence-corrected chi connectivity index (χ3v) is 2.61. The molecule has 1 saturated carbocycles. The molecule has 0 nitrogen and oxygen atoms in total. The van der Waals surface area contributed by atoms with Gasteiger partial charge in [0, 0.05) is 5.92 Å². The van der Waals surface area contributed by atoms with E-state index in [0.717, 1.165) is 6.42 Å². The van der Waals surface area contributed by atoms with E-state index in [-0.39, 0.29) is 16.7 Å². The van der Waals surface area contributed by atoms with Gasteiger partial charge in [-0.1, -0.05) is 0 Å². The number of halogens is 2. The summed E-state index contributed by atoms with van der Waals surface area (Å²) in [5.41, 5.74) is 0. The molecule has 0 heterocycles.